The van der Waals surface area contributed by atoms with Crippen LogP contribution in [0, 0.1) is 11.8 Å². The van der Waals surface area contributed by atoms with Crippen molar-refractivity contribution in [1.82, 2.24) is 5.32 Å². The lowest BCUT2D eigenvalue weighted by molar-refractivity contribution is -0.141. The molecule has 3 unspecified atom stereocenters. The molecule has 2 fully saturated rings. The fraction of sp³-hybridized carbons (Fsp3) is 0.579. The minimum atomic E-state index is -0.484. The number of hydrogen-bond acceptors (Lipinski definition) is 5. The Balaban J connectivity index is 1.54. The summed E-state index contributed by atoms with van der Waals surface area (Å²) in [4.78, 5) is 0. The Bertz CT molecular complexity index is 672. The molecule has 1 aliphatic carbocycles. The van der Waals surface area contributed by atoms with Gasteiger partial charge in [0.25, 0.3) is 0 Å². The van der Waals surface area contributed by atoms with Gasteiger partial charge in [0, 0.05) is 16.9 Å². The predicted molar refractivity (Wildman–Crippen MR) is 97.8 cm³/mol. The van der Waals surface area contributed by atoms with Crippen LogP contribution in [0.3, 0.4) is 0 Å². The summed E-state index contributed by atoms with van der Waals surface area (Å²) in [5.41, 5.74) is 1.08. The standard InChI is InChI=1S/C19H24BrNO4/c1-23-18-10-15(20)13(9-17(18)22)8-16-14-2-4-19(24-6-7-25-19)11-12(14)3-5-21-16/h2,4,9-10,12,14,16,21-22H,3,5-8,11H2,1H3. The Morgan fingerprint density at radius 1 is 1.36 bits per heavy atom. The Morgan fingerprint density at radius 3 is 2.92 bits per heavy atom. The molecule has 1 aromatic carbocycles. The minimum Gasteiger partial charge on any atom is -0.504 e. The quantitative estimate of drug-likeness (QED) is 0.751. The van der Waals surface area contributed by atoms with Gasteiger partial charge < -0.3 is 24.6 Å². The van der Waals surface area contributed by atoms with E-state index in [1.165, 1.54) is 0 Å². The molecule has 5 nitrogen and oxygen atoms in total. The number of aromatic hydroxyl groups is 1. The summed E-state index contributed by atoms with van der Waals surface area (Å²) in [5.74, 6) is 1.18. The number of piperidine rings is 1. The second-order valence-corrected chi connectivity index (χ2v) is 7.93. The maximum absolute atomic E-state index is 10.1. The van der Waals surface area contributed by atoms with Gasteiger partial charge in [-0.2, -0.15) is 0 Å². The van der Waals surface area contributed by atoms with Crippen molar-refractivity contribution in [1.29, 1.82) is 0 Å². The number of hydrogen-bond donors (Lipinski definition) is 2. The third-order valence-electron chi connectivity index (χ3n) is 5.61. The predicted octanol–water partition coefficient (Wildman–Crippen LogP) is 3.00. The van der Waals surface area contributed by atoms with Crippen molar-refractivity contribution in [3.05, 3.63) is 34.3 Å². The van der Waals surface area contributed by atoms with Crippen LogP contribution in [0.2, 0.25) is 0 Å². The first-order valence-corrected chi connectivity index (χ1v) is 9.65. The number of halogens is 1. The van der Waals surface area contributed by atoms with Crippen molar-refractivity contribution in [3.8, 4) is 11.5 Å². The molecular weight excluding hydrogens is 386 g/mol. The molecule has 3 aliphatic rings. The number of nitrogens with one attached hydrogen (secondary N) is 1. The fourth-order valence-electron chi connectivity index (χ4n) is 4.37. The minimum absolute atomic E-state index is 0.180. The van der Waals surface area contributed by atoms with Gasteiger partial charge in [0.2, 0.25) is 0 Å². The first-order valence-electron chi connectivity index (χ1n) is 8.86. The number of methoxy groups -OCH3 is 1. The van der Waals surface area contributed by atoms with Crippen molar-refractivity contribution >= 4 is 15.9 Å². The molecule has 25 heavy (non-hydrogen) atoms. The van der Waals surface area contributed by atoms with Crippen molar-refractivity contribution in [2.45, 2.75) is 31.1 Å². The molecular formula is C19H24BrNO4. The van der Waals surface area contributed by atoms with Gasteiger partial charge in [-0.3, -0.25) is 0 Å². The Hall–Kier alpha value is -1.08. The first-order chi connectivity index (χ1) is 12.1. The van der Waals surface area contributed by atoms with Crippen LogP contribution in [-0.2, 0) is 15.9 Å². The highest BCUT2D eigenvalue weighted by molar-refractivity contribution is 9.10. The largest absolute Gasteiger partial charge is 0.504 e. The van der Waals surface area contributed by atoms with Crippen molar-refractivity contribution in [2.75, 3.05) is 26.9 Å². The smallest absolute Gasteiger partial charge is 0.188 e. The zero-order chi connectivity index (χ0) is 17.4. The lowest BCUT2D eigenvalue weighted by atomic mass is 9.72. The van der Waals surface area contributed by atoms with Gasteiger partial charge in [0.1, 0.15) is 0 Å². The maximum atomic E-state index is 10.1. The van der Waals surface area contributed by atoms with Gasteiger partial charge in [0.15, 0.2) is 17.3 Å². The number of rotatable bonds is 3. The number of fused-ring (bicyclic) bond motifs is 1. The van der Waals surface area contributed by atoms with Crippen LogP contribution in [0.15, 0.2) is 28.8 Å². The van der Waals surface area contributed by atoms with E-state index in [4.69, 9.17) is 14.2 Å². The SMILES string of the molecule is COc1cc(Br)c(CC2NCCC3CC4(C=CC32)OCCO4)cc1O. The lowest BCUT2D eigenvalue weighted by Gasteiger charge is -2.44. The molecule has 2 aliphatic heterocycles. The number of phenolic OH excluding ortho intramolecular Hbond substituents is 1. The summed E-state index contributed by atoms with van der Waals surface area (Å²) in [6.07, 6.45) is 7.30. The van der Waals surface area contributed by atoms with Crippen LogP contribution in [0.4, 0.5) is 0 Å². The molecule has 1 spiro atoms. The van der Waals surface area contributed by atoms with E-state index in [9.17, 15) is 5.11 Å². The average molecular weight is 410 g/mol. The van der Waals surface area contributed by atoms with Crippen molar-refractivity contribution in [3.63, 3.8) is 0 Å². The van der Waals surface area contributed by atoms with Gasteiger partial charge in [-0.25, -0.2) is 0 Å². The summed E-state index contributed by atoms with van der Waals surface area (Å²) in [6, 6.07) is 3.96. The van der Waals surface area contributed by atoms with Crippen LogP contribution < -0.4 is 10.1 Å². The van der Waals surface area contributed by atoms with Crippen molar-refractivity contribution < 1.29 is 19.3 Å². The number of ether oxygens (including phenoxy) is 3. The zero-order valence-electron chi connectivity index (χ0n) is 14.3. The van der Waals surface area contributed by atoms with Gasteiger partial charge in [-0.1, -0.05) is 22.0 Å². The molecule has 3 atom stereocenters. The maximum Gasteiger partial charge on any atom is 0.188 e. The highest BCUT2D eigenvalue weighted by atomic mass is 79.9. The molecule has 0 aromatic heterocycles. The molecule has 6 heteroatoms. The molecule has 2 heterocycles. The molecule has 4 rings (SSSR count). The first kappa shape index (κ1) is 17.3. The van der Waals surface area contributed by atoms with E-state index in [0.29, 0.717) is 36.8 Å². The second kappa shape index (κ2) is 6.91. The summed E-state index contributed by atoms with van der Waals surface area (Å²) in [6.45, 7) is 2.36. The van der Waals surface area contributed by atoms with Crippen LogP contribution in [0.25, 0.3) is 0 Å². The average Bonchev–Trinajstić information content (AvgIpc) is 3.05. The molecule has 1 aromatic rings. The summed E-state index contributed by atoms with van der Waals surface area (Å²) in [5, 5.41) is 13.8. The number of phenols is 1. The zero-order valence-corrected chi connectivity index (χ0v) is 15.9. The summed E-state index contributed by atoms with van der Waals surface area (Å²) in [7, 11) is 1.56. The van der Waals surface area contributed by atoms with Crippen LogP contribution in [0.1, 0.15) is 18.4 Å². The monoisotopic (exact) mass is 409 g/mol. The van der Waals surface area contributed by atoms with E-state index in [0.717, 1.165) is 35.8 Å². The van der Waals surface area contributed by atoms with Crippen LogP contribution >= 0.6 is 15.9 Å². The molecule has 0 radical (unpaired) electrons. The normalized spacial score (nSPS) is 30.4. The van der Waals surface area contributed by atoms with E-state index < -0.39 is 5.79 Å². The van der Waals surface area contributed by atoms with Gasteiger partial charge in [-0.15, -0.1) is 0 Å². The van der Waals surface area contributed by atoms with E-state index in [2.05, 4.69) is 33.4 Å². The number of benzene rings is 1. The van der Waals surface area contributed by atoms with E-state index in [-0.39, 0.29) is 5.75 Å². The summed E-state index contributed by atoms with van der Waals surface area (Å²) < 4.78 is 17.9. The van der Waals surface area contributed by atoms with Crippen LogP contribution in [-0.4, -0.2) is 43.8 Å². The van der Waals surface area contributed by atoms with E-state index in [1.807, 2.05) is 6.07 Å². The fourth-order valence-corrected chi connectivity index (χ4v) is 4.85. The lowest BCUT2D eigenvalue weighted by Crippen LogP contribution is -2.50. The van der Waals surface area contributed by atoms with E-state index >= 15 is 0 Å². The second-order valence-electron chi connectivity index (χ2n) is 7.08. The van der Waals surface area contributed by atoms with Crippen molar-refractivity contribution in [2.24, 2.45) is 11.8 Å². The summed E-state index contributed by atoms with van der Waals surface area (Å²) >= 11 is 3.61. The van der Waals surface area contributed by atoms with Gasteiger partial charge in [0.05, 0.1) is 20.3 Å². The van der Waals surface area contributed by atoms with Gasteiger partial charge in [-0.05, 0) is 55.0 Å². The molecule has 2 N–H and O–H groups in total. The van der Waals surface area contributed by atoms with Gasteiger partial charge >= 0.3 is 0 Å². The Labute approximate surface area is 156 Å². The highest BCUT2D eigenvalue weighted by Gasteiger charge is 2.44. The third kappa shape index (κ3) is 3.33. The molecule has 0 saturated carbocycles. The molecule has 136 valence electrons. The Kier molecular flexibility index (Phi) is 4.79. The Morgan fingerprint density at radius 2 is 2.16 bits per heavy atom. The molecule has 0 bridgehead atoms. The van der Waals surface area contributed by atoms with E-state index in [1.54, 1.807) is 13.2 Å². The third-order valence-corrected chi connectivity index (χ3v) is 6.35. The topological polar surface area (TPSA) is 60.0 Å². The molecule has 2 saturated heterocycles. The highest BCUT2D eigenvalue weighted by Crippen LogP contribution is 2.42. The van der Waals surface area contributed by atoms with Crippen LogP contribution in [0.5, 0.6) is 11.5 Å². The molecule has 0 amide bonds.